The van der Waals surface area contributed by atoms with Crippen LogP contribution in [0.25, 0.3) is 0 Å². The Morgan fingerprint density at radius 3 is 2.43 bits per heavy atom. The summed E-state index contributed by atoms with van der Waals surface area (Å²) in [4.78, 5) is 10.7. The van der Waals surface area contributed by atoms with Gasteiger partial charge in [-0.05, 0) is 19.0 Å². The van der Waals surface area contributed by atoms with E-state index in [1.807, 2.05) is 30.3 Å². The van der Waals surface area contributed by atoms with Crippen LogP contribution >= 0.6 is 12.4 Å². The first-order valence-corrected chi connectivity index (χ1v) is 4.18. The van der Waals surface area contributed by atoms with Gasteiger partial charge in [-0.1, -0.05) is 30.3 Å². The second kappa shape index (κ2) is 6.40. The molecule has 0 aliphatic carbocycles. The maximum atomic E-state index is 10.7. The normalized spacial score (nSPS) is 11.5. The molecule has 1 aromatic carbocycles. The number of hydrogen-bond acceptors (Lipinski definition) is 2. The molecule has 0 amide bonds. The van der Waals surface area contributed by atoms with E-state index in [4.69, 9.17) is 5.11 Å². The highest BCUT2D eigenvalue weighted by molar-refractivity contribution is 5.85. The van der Waals surface area contributed by atoms with Gasteiger partial charge in [-0.25, -0.2) is 0 Å². The topological polar surface area (TPSA) is 49.3 Å². The van der Waals surface area contributed by atoms with Gasteiger partial charge in [0.15, 0.2) is 0 Å². The van der Waals surface area contributed by atoms with E-state index >= 15 is 0 Å². The molecule has 4 heteroatoms. The molecule has 2 N–H and O–H groups in total. The monoisotopic (exact) mass is 215 g/mol. The molecular formula is C10H14ClNO2. The van der Waals surface area contributed by atoms with Crippen LogP contribution < -0.4 is 5.32 Å². The van der Waals surface area contributed by atoms with Crippen molar-refractivity contribution in [3.8, 4) is 0 Å². The van der Waals surface area contributed by atoms with Gasteiger partial charge in [0, 0.05) is 0 Å². The summed E-state index contributed by atoms with van der Waals surface area (Å²) in [7, 11) is 1.65. The first-order chi connectivity index (χ1) is 6.24. The van der Waals surface area contributed by atoms with Crippen LogP contribution in [0.5, 0.6) is 0 Å². The largest absolute Gasteiger partial charge is 0.480 e. The fourth-order valence-electron chi connectivity index (χ4n) is 1.16. The van der Waals surface area contributed by atoms with Crippen LogP contribution in [0.1, 0.15) is 5.56 Å². The van der Waals surface area contributed by atoms with Gasteiger partial charge in [-0.2, -0.15) is 0 Å². The van der Waals surface area contributed by atoms with Gasteiger partial charge in [0.25, 0.3) is 0 Å². The minimum atomic E-state index is -0.814. The number of rotatable bonds is 4. The second-order valence-electron chi connectivity index (χ2n) is 2.87. The van der Waals surface area contributed by atoms with Crippen molar-refractivity contribution in [3.05, 3.63) is 35.9 Å². The van der Waals surface area contributed by atoms with Crippen LogP contribution in [0.2, 0.25) is 0 Å². The van der Waals surface area contributed by atoms with Gasteiger partial charge < -0.3 is 10.4 Å². The average Bonchev–Trinajstić information content (AvgIpc) is 2.15. The fraction of sp³-hybridized carbons (Fsp3) is 0.300. The zero-order valence-electron chi connectivity index (χ0n) is 7.93. The Hall–Kier alpha value is -1.06. The zero-order valence-corrected chi connectivity index (χ0v) is 8.75. The third kappa shape index (κ3) is 3.77. The fourth-order valence-corrected chi connectivity index (χ4v) is 1.16. The van der Waals surface area contributed by atoms with E-state index in [9.17, 15) is 4.79 Å². The molecule has 0 bridgehead atoms. The smallest absolute Gasteiger partial charge is 0.321 e. The van der Waals surface area contributed by atoms with Crippen LogP contribution in [0.4, 0.5) is 0 Å². The van der Waals surface area contributed by atoms with Crippen molar-refractivity contribution in [3.63, 3.8) is 0 Å². The number of carbonyl (C=O) groups is 1. The Morgan fingerprint density at radius 1 is 1.43 bits per heavy atom. The lowest BCUT2D eigenvalue weighted by molar-refractivity contribution is -0.139. The van der Waals surface area contributed by atoms with Crippen molar-refractivity contribution < 1.29 is 9.90 Å². The van der Waals surface area contributed by atoms with Crippen molar-refractivity contribution in [1.82, 2.24) is 5.32 Å². The predicted octanol–water partition coefficient (Wildman–Crippen LogP) is 1.32. The maximum absolute atomic E-state index is 10.7. The molecule has 0 aromatic heterocycles. The summed E-state index contributed by atoms with van der Waals surface area (Å²) < 4.78 is 0. The number of halogens is 1. The molecule has 3 nitrogen and oxygen atoms in total. The highest BCUT2D eigenvalue weighted by atomic mass is 35.5. The van der Waals surface area contributed by atoms with Crippen LogP contribution in [0, 0.1) is 0 Å². The van der Waals surface area contributed by atoms with Crippen molar-refractivity contribution in [2.75, 3.05) is 7.05 Å². The van der Waals surface area contributed by atoms with Gasteiger partial charge in [0.2, 0.25) is 0 Å². The van der Waals surface area contributed by atoms with E-state index < -0.39 is 12.0 Å². The first-order valence-electron chi connectivity index (χ1n) is 4.18. The molecular weight excluding hydrogens is 202 g/mol. The Balaban J connectivity index is 0.00000169. The van der Waals surface area contributed by atoms with Gasteiger partial charge in [-0.3, -0.25) is 4.79 Å². The molecule has 0 aliphatic rings. The number of aliphatic carboxylic acids is 1. The van der Waals surface area contributed by atoms with E-state index in [0.717, 1.165) is 5.56 Å². The third-order valence-corrected chi connectivity index (χ3v) is 1.93. The lowest BCUT2D eigenvalue weighted by Gasteiger charge is -2.10. The minimum Gasteiger partial charge on any atom is -0.480 e. The number of carboxylic acids is 1. The number of hydrogen-bond donors (Lipinski definition) is 2. The van der Waals surface area contributed by atoms with Crippen LogP contribution in [0.15, 0.2) is 30.3 Å². The molecule has 78 valence electrons. The third-order valence-electron chi connectivity index (χ3n) is 1.93. The highest BCUT2D eigenvalue weighted by Gasteiger charge is 2.14. The van der Waals surface area contributed by atoms with Crippen molar-refractivity contribution in [2.45, 2.75) is 12.5 Å². The SMILES string of the molecule is CN[C@H](Cc1ccccc1)C(=O)O.Cl. The summed E-state index contributed by atoms with van der Waals surface area (Å²) in [6.07, 6.45) is 0.521. The zero-order chi connectivity index (χ0) is 9.68. The molecule has 0 fully saturated rings. The van der Waals surface area contributed by atoms with E-state index in [1.165, 1.54) is 0 Å². The maximum Gasteiger partial charge on any atom is 0.321 e. The van der Waals surface area contributed by atoms with Crippen molar-refractivity contribution >= 4 is 18.4 Å². The van der Waals surface area contributed by atoms with Gasteiger partial charge in [-0.15, -0.1) is 12.4 Å². The molecule has 0 heterocycles. The van der Waals surface area contributed by atoms with Crippen LogP contribution in [0.3, 0.4) is 0 Å². The molecule has 0 unspecified atom stereocenters. The van der Waals surface area contributed by atoms with Gasteiger partial charge in [0.05, 0.1) is 0 Å². The molecule has 0 spiro atoms. The van der Waals surface area contributed by atoms with E-state index in [1.54, 1.807) is 7.05 Å². The van der Waals surface area contributed by atoms with Gasteiger partial charge >= 0.3 is 5.97 Å². The Kier molecular flexibility index (Phi) is 5.92. The summed E-state index contributed by atoms with van der Waals surface area (Å²) in [6, 6.07) is 9.08. The van der Waals surface area contributed by atoms with Crippen molar-refractivity contribution in [1.29, 1.82) is 0 Å². The summed E-state index contributed by atoms with van der Waals surface area (Å²) in [5, 5.41) is 11.5. The summed E-state index contributed by atoms with van der Waals surface area (Å²) in [5.41, 5.74) is 1.03. The summed E-state index contributed by atoms with van der Waals surface area (Å²) in [5.74, 6) is -0.814. The summed E-state index contributed by atoms with van der Waals surface area (Å²) in [6.45, 7) is 0. The molecule has 1 rings (SSSR count). The Labute approximate surface area is 89.5 Å². The Morgan fingerprint density at radius 2 is 2.00 bits per heavy atom. The predicted molar refractivity (Wildman–Crippen MR) is 57.9 cm³/mol. The van der Waals surface area contributed by atoms with E-state index in [-0.39, 0.29) is 12.4 Å². The van der Waals surface area contributed by atoms with Crippen molar-refractivity contribution in [2.24, 2.45) is 0 Å². The Bertz CT molecular complexity index is 277. The van der Waals surface area contributed by atoms with E-state index in [0.29, 0.717) is 6.42 Å². The number of benzene rings is 1. The quantitative estimate of drug-likeness (QED) is 0.797. The highest BCUT2D eigenvalue weighted by Crippen LogP contribution is 2.02. The number of nitrogens with one attached hydrogen (secondary N) is 1. The molecule has 0 radical (unpaired) electrons. The van der Waals surface area contributed by atoms with Crippen LogP contribution in [-0.2, 0) is 11.2 Å². The molecule has 14 heavy (non-hydrogen) atoms. The molecule has 1 aromatic rings. The molecule has 0 aliphatic heterocycles. The minimum absolute atomic E-state index is 0. The molecule has 0 saturated heterocycles. The first kappa shape index (κ1) is 12.9. The lowest BCUT2D eigenvalue weighted by Crippen LogP contribution is -2.35. The molecule has 1 atom stereocenters. The van der Waals surface area contributed by atoms with E-state index in [2.05, 4.69) is 5.32 Å². The van der Waals surface area contributed by atoms with Crippen LogP contribution in [-0.4, -0.2) is 24.2 Å². The lowest BCUT2D eigenvalue weighted by atomic mass is 10.1. The number of carboxylic acid groups (broad SMARTS) is 1. The summed E-state index contributed by atoms with van der Waals surface area (Å²) >= 11 is 0. The second-order valence-corrected chi connectivity index (χ2v) is 2.87. The number of likely N-dealkylation sites (N-methyl/N-ethyl adjacent to an activating group) is 1. The average molecular weight is 216 g/mol. The molecule has 0 saturated carbocycles. The standard InChI is InChI=1S/C10H13NO2.ClH/c1-11-9(10(12)13)7-8-5-3-2-4-6-8;/h2-6,9,11H,7H2,1H3,(H,12,13);1H/t9-;/m1./s1. The van der Waals surface area contributed by atoms with Gasteiger partial charge in [0.1, 0.15) is 6.04 Å².